The van der Waals surface area contributed by atoms with E-state index in [0.717, 1.165) is 12.8 Å². The number of benzene rings is 1. The normalized spacial score (nSPS) is 16.2. The summed E-state index contributed by atoms with van der Waals surface area (Å²) < 4.78 is 0. The highest BCUT2D eigenvalue weighted by Crippen LogP contribution is 2.36. The molecular formula is C12H11ClN2O. The number of alkyl halides is 1. The molecule has 0 aliphatic heterocycles. The van der Waals surface area contributed by atoms with Crippen molar-refractivity contribution in [2.24, 2.45) is 0 Å². The summed E-state index contributed by atoms with van der Waals surface area (Å²) in [6.45, 7) is 0. The second-order valence-electron chi connectivity index (χ2n) is 4.06. The second-order valence-corrected chi connectivity index (χ2v) is 4.33. The van der Waals surface area contributed by atoms with Gasteiger partial charge >= 0.3 is 0 Å². The Morgan fingerprint density at radius 2 is 2.31 bits per heavy atom. The van der Waals surface area contributed by atoms with Gasteiger partial charge in [-0.3, -0.25) is 4.79 Å². The summed E-state index contributed by atoms with van der Waals surface area (Å²) in [5.41, 5.74) is 0.792. The van der Waals surface area contributed by atoms with E-state index >= 15 is 0 Å². The first-order valence-corrected chi connectivity index (χ1v) is 5.61. The van der Waals surface area contributed by atoms with Crippen LogP contribution in [0.1, 0.15) is 28.8 Å². The van der Waals surface area contributed by atoms with Crippen molar-refractivity contribution in [3.63, 3.8) is 0 Å². The Balaban J connectivity index is 2.12. The van der Waals surface area contributed by atoms with Gasteiger partial charge in [0.1, 0.15) is 0 Å². The van der Waals surface area contributed by atoms with Crippen LogP contribution < -0.4 is 5.32 Å². The molecule has 82 valence electrons. The molecule has 1 aliphatic rings. The predicted octanol–water partition coefficient (Wildman–Crippen LogP) is 2.06. The standard InChI is InChI=1S/C12H11ClN2O/c13-8-12(4-5-12)15-11(16)10-3-1-2-9(6-10)7-14/h1-3,6H,4-5,8H2,(H,15,16). The predicted molar refractivity (Wildman–Crippen MR) is 61.3 cm³/mol. The molecule has 0 spiro atoms. The van der Waals surface area contributed by atoms with E-state index in [-0.39, 0.29) is 11.4 Å². The summed E-state index contributed by atoms with van der Waals surface area (Å²) in [7, 11) is 0. The minimum Gasteiger partial charge on any atom is -0.345 e. The fraction of sp³-hybridized carbons (Fsp3) is 0.333. The molecular weight excluding hydrogens is 224 g/mol. The summed E-state index contributed by atoms with van der Waals surface area (Å²) >= 11 is 5.78. The number of halogens is 1. The van der Waals surface area contributed by atoms with E-state index in [9.17, 15) is 4.79 Å². The molecule has 1 saturated carbocycles. The lowest BCUT2D eigenvalue weighted by atomic mass is 10.1. The Bertz CT molecular complexity index is 460. The van der Waals surface area contributed by atoms with Crippen molar-refractivity contribution in [1.82, 2.24) is 5.32 Å². The number of hydrogen-bond acceptors (Lipinski definition) is 2. The van der Waals surface area contributed by atoms with Crippen LogP contribution >= 0.6 is 11.6 Å². The van der Waals surface area contributed by atoms with Gasteiger partial charge in [-0.2, -0.15) is 5.26 Å². The van der Waals surface area contributed by atoms with Gasteiger partial charge in [0, 0.05) is 11.4 Å². The van der Waals surface area contributed by atoms with Crippen LogP contribution in [-0.4, -0.2) is 17.3 Å². The maximum Gasteiger partial charge on any atom is 0.251 e. The number of nitriles is 1. The van der Waals surface area contributed by atoms with Crippen molar-refractivity contribution in [3.8, 4) is 6.07 Å². The Hall–Kier alpha value is -1.53. The lowest BCUT2D eigenvalue weighted by Gasteiger charge is -2.13. The van der Waals surface area contributed by atoms with Crippen LogP contribution in [0.25, 0.3) is 0 Å². The fourth-order valence-electron chi connectivity index (χ4n) is 1.49. The number of nitrogens with one attached hydrogen (secondary N) is 1. The highest BCUT2D eigenvalue weighted by molar-refractivity contribution is 6.19. The number of amides is 1. The molecule has 4 heteroatoms. The number of carbonyl (C=O) groups is 1. The molecule has 1 aromatic rings. The van der Waals surface area contributed by atoms with Crippen molar-refractivity contribution >= 4 is 17.5 Å². The van der Waals surface area contributed by atoms with Crippen molar-refractivity contribution in [2.75, 3.05) is 5.88 Å². The molecule has 1 fully saturated rings. The van der Waals surface area contributed by atoms with Crippen LogP contribution in [0, 0.1) is 11.3 Å². The molecule has 0 radical (unpaired) electrons. The highest BCUT2D eigenvalue weighted by atomic mass is 35.5. The second kappa shape index (κ2) is 4.15. The van der Waals surface area contributed by atoms with E-state index in [1.807, 2.05) is 6.07 Å². The highest BCUT2D eigenvalue weighted by Gasteiger charge is 2.43. The molecule has 1 aliphatic carbocycles. The van der Waals surface area contributed by atoms with Gasteiger partial charge < -0.3 is 5.32 Å². The third-order valence-electron chi connectivity index (χ3n) is 2.74. The van der Waals surface area contributed by atoms with Gasteiger partial charge in [0.25, 0.3) is 5.91 Å². The van der Waals surface area contributed by atoms with E-state index in [1.54, 1.807) is 24.3 Å². The summed E-state index contributed by atoms with van der Waals surface area (Å²) in [4.78, 5) is 11.8. The summed E-state index contributed by atoms with van der Waals surface area (Å²) in [5.74, 6) is 0.284. The maximum absolute atomic E-state index is 11.8. The number of rotatable bonds is 3. The summed E-state index contributed by atoms with van der Waals surface area (Å²) in [6, 6.07) is 8.66. The molecule has 0 atom stereocenters. The van der Waals surface area contributed by atoms with Gasteiger partial charge in [0.2, 0.25) is 0 Å². The zero-order valence-electron chi connectivity index (χ0n) is 8.66. The number of nitrogens with zero attached hydrogens (tertiary/aromatic N) is 1. The quantitative estimate of drug-likeness (QED) is 0.814. The monoisotopic (exact) mass is 234 g/mol. The average molecular weight is 235 g/mol. The number of carbonyl (C=O) groups excluding carboxylic acids is 1. The average Bonchev–Trinajstić information content (AvgIpc) is 3.09. The van der Waals surface area contributed by atoms with E-state index in [2.05, 4.69) is 5.32 Å². The van der Waals surface area contributed by atoms with Crippen molar-refractivity contribution in [2.45, 2.75) is 18.4 Å². The van der Waals surface area contributed by atoms with Crippen molar-refractivity contribution in [1.29, 1.82) is 5.26 Å². The minimum atomic E-state index is -0.207. The third kappa shape index (κ3) is 2.17. The molecule has 1 N–H and O–H groups in total. The molecule has 0 unspecified atom stereocenters. The van der Waals surface area contributed by atoms with Gasteiger partial charge in [-0.15, -0.1) is 11.6 Å². The van der Waals surface area contributed by atoms with Gasteiger partial charge in [-0.1, -0.05) is 6.07 Å². The minimum absolute atomic E-state index is 0.157. The fourth-order valence-corrected chi connectivity index (χ4v) is 1.82. The Morgan fingerprint density at radius 1 is 1.56 bits per heavy atom. The topological polar surface area (TPSA) is 52.9 Å². The molecule has 0 bridgehead atoms. The number of hydrogen-bond donors (Lipinski definition) is 1. The molecule has 0 saturated heterocycles. The lowest BCUT2D eigenvalue weighted by molar-refractivity contribution is 0.0936. The van der Waals surface area contributed by atoms with E-state index < -0.39 is 0 Å². The van der Waals surface area contributed by atoms with Crippen LogP contribution in [0.5, 0.6) is 0 Å². The van der Waals surface area contributed by atoms with Gasteiger partial charge in [0.05, 0.1) is 17.2 Å². The molecule has 3 nitrogen and oxygen atoms in total. The third-order valence-corrected chi connectivity index (χ3v) is 3.25. The molecule has 1 aromatic carbocycles. The van der Waals surface area contributed by atoms with Gasteiger partial charge in [-0.25, -0.2) is 0 Å². The molecule has 0 heterocycles. The first-order valence-electron chi connectivity index (χ1n) is 5.08. The maximum atomic E-state index is 11.8. The summed E-state index contributed by atoms with van der Waals surface area (Å²) in [5, 5.41) is 11.6. The summed E-state index contributed by atoms with van der Waals surface area (Å²) in [6.07, 6.45) is 1.86. The van der Waals surface area contributed by atoms with Crippen LogP contribution in [-0.2, 0) is 0 Å². The Kier molecular flexibility index (Phi) is 2.84. The van der Waals surface area contributed by atoms with Crippen molar-refractivity contribution in [3.05, 3.63) is 35.4 Å². The molecule has 16 heavy (non-hydrogen) atoms. The zero-order valence-corrected chi connectivity index (χ0v) is 9.42. The Labute approximate surface area is 99.0 Å². The van der Waals surface area contributed by atoms with E-state index in [1.165, 1.54) is 0 Å². The SMILES string of the molecule is N#Cc1cccc(C(=O)NC2(CCl)CC2)c1. The van der Waals surface area contributed by atoms with Crippen LogP contribution in [0.3, 0.4) is 0 Å². The van der Waals surface area contributed by atoms with Gasteiger partial charge in [-0.05, 0) is 31.0 Å². The Morgan fingerprint density at radius 3 is 2.88 bits per heavy atom. The van der Waals surface area contributed by atoms with Crippen LogP contribution in [0.15, 0.2) is 24.3 Å². The molecule has 2 rings (SSSR count). The first kappa shape index (κ1) is 11.0. The van der Waals surface area contributed by atoms with Gasteiger partial charge in [0.15, 0.2) is 0 Å². The smallest absolute Gasteiger partial charge is 0.251 e. The first-order chi connectivity index (χ1) is 7.69. The van der Waals surface area contributed by atoms with Crippen LogP contribution in [0.4, 0.5) is 0 Å². The van der Waals surface area contributed by atoms with Crippen LogP contribution in [0.2, 0.25) is 0 Å². The van der Waals surface area contributed by atoms with E-state index in [0.29, 0.717) is 17.0 Å². The lowest BCUT2D eigenvalue weighted by Crippen LogP contribution is -2.38. The van der Waals surface area contributed by atoms with E-state index in [4.69, 9.17) is 16.9 Å². The van der Waals surface area contributed by atoms with Crippen molar-refractivity contribution < 1.29 is 4.79 Å². The zero-order chi connectivity index (χ0) is 11.6. The molecule has 0 aromatic heterocycles. The molecule has 1 amide bonds. The largest absolute Gasteiger partial charge is 0.345 e.